The minimum absolute atomic E-state index is 0.00582. The Morgan fingerprint density at radius 2 is 1.59 bits per heavy atom. The number of aryl methyl sites for hydroxylation is 2. The molecule has 2 aliphatic heterocycles. The molecule has 0 bridgehead atoms. The number of rotatable bonds is 5. The first-order chi connectivity index (χ1) is 18.7. The number of carbonyl (C=O) groups excluding carboxylic acids is 2. The maximum atomic E-state index is 13.6. The Labute approximate surface area is 233 Å². The molecule has 1 atom stereocenters. The van der Waals surface area contributed by atoms with Gasteiger partial charge in [-0.15, -0.1) is 0 Å². The number of Topliss-reactive ketones (excluding diaryl/α,β-unsaturated/α-hetero) is 1. The van der Waals surface area contributed by atoms with Crippen molar-refractivity contribution in [3.05, 3.63) is 93.5 Å². The van der Waals surface area contributed by atoms with Gasteiger partial charge in [-0.2, -0.15) is 0 Å². The number of piperazine rings is 1. The maximum Gasteiger partial charge on any atom is 0.300 e. The second-order valence-corrected chi connectivity index (χ2v) is 10.6. The third kappa shape index (κ3) is 5.00. The second-order valence-electron chi connectivity index (χ2n) is 10.2. The van der Waals surface area contributed by atoms with Crippen LogP contribution in [0.15, 0.2) is 66.2 Å². The maximum absolute atomic E-state index is 13.6. The van der Waals surface area contributed by atoms with Crippen molar-refractivity contribution in [1.82, 2.24) is 4.90 Å². The van der Waals surface area contributed by atoms with E-state index < -0.39 is 17.7 Å². The average molecular weight is 546 g/mol. The molecule has 1 amide bonds. The van der Waals surface area contributed by atoms with Crippen molar-refractivity contribution in [1.29, 1.82) is 0 Å². The standard InChI is InChI=1S/C31H32ClN3O4/c1-19-6-5-7-21(16-19)27-26(28(36)24-17-20(2)18-25(32)30(24)39-4)29(37)31(38)35(27)23-10-8-22(9-11-23)34-14-12-33(3)13-15-34/h5-11,16-18,27,36H,12-15H2,1-4H3/b28-26+. The van der Waals surface area contributed by atoms with Crippen LogP contribution in [0, 0.1) is 13.8 Å². The van der Waals surface area contributed by atoms with E-state index in [-0.39, 0.29) is 22.6 Å². The number of hydrogen-bond donors (Lipinski definition) is 1. The van der Waals surface area contributed by atoms with Gasteiger partial charge in [0.1, 0.15) is 11.5 Å². The summed E-state index contributed by atoms with van der Waals surface area (Å²) < 4.78 is 5.48. The monoisotopic (exact) mass is 545 g/mol. The lowest BCUT2D eigenvalue weighted by Gasteiger charge is -2.34. The van der Waals surface area contributed by atoms with Gasteiger partial charge in [0.15, 0.2) is 0 Å². The molecule has 3 aromatic rings. The molecule has 0 saturated carbocycles. The first kappa shape index (κ1) is 26.8. The molecular weight excluding hydrogens is 514 g/mol. The molecule has 5 rings (SSSR count). The number of anilines is 2. The second kappa shape index (κ2) is 10.8. The van der Waals surface area contributed by atoms with Crippen LogP contribution in [0.3, 0.4) is 0 Å². The Balaban J connectivity index is 1.63. The highest BCUT2D eigenvalue weighted by atomic mass is 35.5. The molecule has 0 spiro atoms. The van der Waals surface area contributed by atoms with Crippen LogP contribution in [0.4, 0.5) is 11.4 Å². The van der Waals surface area contributed by atoms with Crippen LogP contribution in [0.5, 0.6) is 5.75 Å². The molecule has 1 unspecified atom stereocenters. The summed E-state index contributed by atoms with van der Waals surface area (Å²) >= 11 is 6.41. The van der Waals surface area contributed by atoms with E-state index in [1.807, 2.05) is 62.4 Å². The Morgan fingerprint density at radius 3 is 2.23 bits per heavy atom. The number of halogens is 1. The number of aliphatic hydroxyl groups excluding tert-OH is 1. The van der Waals surface area contributed by atoms with Gasteiger partial charge in [0.05, 0.1) is 29.3 Å². The molecule has 2 fully saturated rings. The number of aliphatic hydroxyl groups is 1. The summed E-state index contributed by atoms with van der Waals surface area (Å²) in [4.78, 5) is 33.3. The molecule has 202 valence electrons. The average Bonchev–Trinajstić information content (AvgIpc) is 3.18. The fourth-order valence-corrected chi connectivity index (χ4v) is 5.75. The zero-order valence-corrected chi connectivity index (χ0v) is 23.3. The molecule has 0 aromatic heterocycles. The summed E-state index contributed by atoms with van der Waals surface area (Å²) in [5.74, 6) is -1.54. The third-order valence-corrected chi connectivity index (χ3v) is 7.73. The van der Waals surface area contributed by atoms with Gasteiger partial charge >= 0.3 is 0 Å². The molecule has 2 aliphatic rings. The van der Waals surface area contributed by atoms with Crippen LogP contribution in [0.1, 0.15) is 28.3 Å². The van der Waals surface area contributed by atoms with E-state index in [2.05, 4.69) is 16.8 Å². The number of ketones is 1. The van der Waals surface area contributed by atoms with Crippen LogP contribution in [0.2, 0.25) is 5.02 Å². The molecule has 0 radical (unpaired) electrons. The van der Waals surface area contributed by atoms with E-state index in [1.165, 1.54) is 12.0 Å². The highest BCUT2D eigenvalue weighted by molar-refractivity contribution is 6.51. The minimum atomic E-state index is -0.830. The van der Waals surface area contributed by atoms with Gasteiger partial charge in [0.25, 0.3) is 11.7 Å². The number of hydrogen-bond acceptors (Lipinski definition) is 6. The number of benzene rings is 3. The zero-order valence-electron chi connectivity index (χ0n) is 22.6. The molecular formula is C31H32ClN3O4. The summed E-state index contributed by atoms with van der Waals surface area (Å²) in [5, 5.41) is 11.9. The predicted octanol–water partition coefficient (Wildman–Crippen LogP) is 5.34. The Kier molecular flexibility index (Phi) is 7.38. The summed E-state index contributed by atoms with van der Waals surface area (Å²) in [6.07, 6.45) is 0. The number of carbonyl (C=O) groups is 2. The van der Waals surface area contributed by atoms with Crippen molar-refractivity contribution in [2.75, 3.05) is 50.1 Å². The number of likely N-dealkylation sites (N-methyl/N-ethyl adjacent to an activating group) is 1. The Hall–Kier alpha value is -3.81. The van der Waals surface area contributed by atoms with Gasteiger partial charge < -0.3 is 19.6 Å². The van der Waals surface area contributed by atoms with E-state index in [0.717, 1.165) is 48.6 Å². The fraction of sp³-hybridized carbons (Fsp3) is 0.290. The lowest BCUT2D eigenvalue weighted by molar-refractivity contribution is -0.132. The van der Waals surface area contributed by atoms with E-state index in [9.17, 15) is 14.7 Å². The summed E-state index contributed by atoms with van der Waals surface area (Å²) in [6, 6.07) is 17.9. The highest BCUT2D eigenvalue weighted by Gasteiger charge is 2.47. The molecule has 39 heavy (non-hydrogen) atoms. The number of methoxy groups -OCH3 is 1. The lowest BCUT2D eigenvalue weighted by Crippen LogP contribution is -2.44. The van der Waals surface area contributed by atoms with Crippen molar-refractivity contribution in [2.24, 2.45) is 0 Å². The first-order valence-electron chi connectivity index (χ1n) is 12.9. The van der Waals surface area contributed by atoms with E-state index >= 15 is 0 Å². The number of nitrogens with zero attached hydrogens (tertiary/aromatic N) is 3. The molecule has 2 heterocycles. The molecule has 1 N–H and O–H groups in total. The van der Waals surface area contributed by atoms with Crippen LogP contribution in [-0.4, -0.2) is 62.0 Å². The van der Waals surface area contributed by atoms with E-state index in [0.29, 0.717) is 10.7 Å². The SMILES string of the molecule is COc1c(Cl)cc(C)cc1/C(O)=C1\C(=O)C(=O)N(c2ccc(N3CCN(C)CC3)cc2)C1c1cccc(C)c1. The van der Waals surface area contributed by atoms with Crippen molar-refractivity contribution in [3.63, 3.8) is 0 Å². The fourth-order valence-electron chi connectivity index (χ4n) is 5.40. The smallest absolute Gasteiger partial charge is 0.300 e. The van der Waals surface area contributed by atoms with Gasteiger partial charge in [-0.25, -0.2) is 0 Å². The first-order valence-corrected chi connectivity index (χ1v) is 13.3. The largest absolute Gasteiger partial charge is 0.507 e. The number of ether oxygens (including phenoxy) is 1. The molecule has 7 nitrogen and oxygen atoms in total. The molecule has 0 aliphatic carbocycles. The van der Waals surface area contributed by atoms with Crippen LogP contribution < -0.4 is 14.5 Å². The van der Waals surface area contributed by atoms with Crippen LogP contribution >= 0.6 is 11.6 Å². The van der Waals surface area contributed by atoms with Gasteiger partial charge in [-0.3, -0.25) is 14.5 Å². The van der Waals surface area contributed by atoms with Crippen molar-refractivity contribution in [2.45, 2.75) is 19.9 Å². The Morgan fingerprint density at radius 1 is 0.923 bits per heavy atom. The third-order valence-electron chi connectivity index (χ3n) is 7.45. The topological polar surface area (TPSA) is 73.3 Å². The van der Waals surface area contributed by atoms with E-state index in [1.54, 1.807) is 12.1 Å². The summed E-state index contributed by atoms with van der Waals surface area (Å²) in [5.41, 5.74) is 4.38. The van der Waals surface area contributed by atoms with E-state index in [4.69, 9.17) is 16.3 Å². The molecule has 8 heteroatoms. The van der Waals surface area contributed by atoms with Gasteiger partial charge in [0.2, 0.25) is 0 Å². The Bertz CT molecular complexity index is 1460. The summed E-state index contributed by atoms with van der Waals surface area (Å²) in [6.45, 7) is 7.59. The quantitative estimate of drug-likeness (QED) is 0.265. The molecule has 2 saturated heterocycles. The van der Waals surface area contributed by atoms with Gasteiger partial charge in [-0.1, -0.05) is 41.4 Å². The normalized spacial score (nSPS) is 19.6. The van der Waals surface area contributed by atoms with Crippen LogP contribution in [0.25, 0.3) is 5.76 Å². The van der Waals surface area contributed by atoms with Gasteiger partial charge in [0, 0.05) is 37.6 Å². The summed E-state index contributed by atoms with van der Waals surface area (Å²) in [7, 11) is 3.56. The van der Waals surface area contributed by atoms with Crippen LogP contribution in [-0.2, 0) is 9.59 Å². The lowest BCUT2D eigenvalue weighted by atomic mass is 9.93. The predicted molar refractivity (Wildman–Crippen MR) is 155 cm³/mol. The van der Waals surface area contributed by atoms with Crippen molar-refractivity contribution < 1.29 is 19.4 Å². The minimum Gasteiger partial charge on any atom is -0.507 e. The van der Waals surface area contributed by atoms with Crippen molar-refractivity contribution in [3.8, 4) is 5.75 Å². The highest BCUT2D eigenvalue weighted by Crippen LogP contribution is 2.45. The zero-order chi connectivity index (χ0) is 27.8. The van der Waals surface area contributed by atoms with Crippen molar-refractivity contribution >= 4 is 40.4 Å². The molecule has 3 aromatic carbocycles. The van der Waals surface area contributed by atoms with Gasteiger partial charge in [-0.05, 0) is 68.4 Å². The number of amides is 1.